The van der Waals surface area contributed by atoms with Crippen LogP contribution in [-0.4, -0.2) is 44.7 Å². The van der Waals surface area contributed by atoms with E-state index in [0.717, 1.165) is 34.6 Å². The molecule has 0 spiro atoms. The molecule has 2 aromatic heterocycles. The van der Waals surface area contributed by atoms with Crippen LogP contribution in [0, 0.1) is 12.8 Å². The molecular weight excluding hydrogens is 296 g/mol. The number of likely N-dealkylation sites (tertiary alicyclic amines) is 1. The standard InChI is InChI=1S/C16H18N4O3/c1-10-5-13(22-17-10)6-12-8-20(9-15(12)21)7-11-3-2-4-14-16(11)19-23-18-14/h2-5,12,15,21H,6-9H2,1H3/t12-,15-/m1/s1. The summed E-state index contributed by atoms with van der Waals surface area (Å²) in [7, 11) is 0. The second-order valence-electron chi connectivity index (χ2n) is 6.21. The Kier molecular flexibility index (Phi) is 3.59. The largest absolute Gasteiger partial charge is 0.391 e. The number of nitrogens with zero attached hydrogens (tertiary/aromatic N) is 4. The predicted octanol–water partition coefficient (Wildman–Crippen LogP) is 1.55. The zero-order chi connectivity index (χ0) is 15.8. The number of rotatable bonds is 4. The van der Waals surface area contributed by atoms with Crippen molar-refractivity contribution < 1.29 is 14.3 Å². The van der Waals surface area contributed by atoms with Crippen LogP contribution in [0.25, 0.3) is 11.0 Å². The second-order valence-corrected chi connectivity index (χ2v) is 6.21. The fourth-order valence-electron chi connectivity index (χ4n) is 3.27. The van der Waals surface area contributed by atoms with E-state index < -0.39 is 0 Å². The lowest BCUT2D eigenvalue weighted by molar-refractivity contribution is 0.137. The number of fused-ring (bicyclic) bond motifs is 1. The van der Waals surface area contributed by atoms with Crippen molar-refractivity contribution in [3.63, 3.8) is 0 Å². The van der Waals surface area contributed by atoms with Gasteiger partial charge in [-0.25, -0.2) is 4.63 Å². The van der Waals surface area contributed by atoms with Crippen LogP contribution >= 0.6 is 0 Å². The molecular formula is C16H18N4O3. The van der Waals surface area contributed by atoms with Gasteiger partial charge in [-0.05, 0) is 28.9 Å². The van der Waals surface area contributed by atoms with Gasteiger partial charge in [-0.3, -0.25) is 4.90 Å². The molecule has 0 unspecified atom stereocenters. The molecule has 7 heteroatoms. The van der Waals surface area contributed by atoms with Gasteiger partial charge in [-0.1, -0.05) is 17.3 Å². The van der Waals surface area contributed by atoms with Crippen LogP contribution in [0.5, 0.6) is 0 Å². The summed E-state index contributed by atoms with van der Waals surface area (Å²) in [6.45, 7) is 4.06. The fourth-order valence-corrected chi connectivity index (χ4v) is 3.27. The second kappa shape index (κ2) is 5.75. The van der Waals surface area contributed by atoms with Crippen molar-refractivity contribution in [2.45, 2.75) is 26.0 Å². The smallest absolute Gasteiger partial charge is 0.139 e. The van der Waals surface area contributed by atoms with Crippen LogP contribution in [0.2, 0.25) is 0 Å². The van der Waals surface area contributed by atoms with Crippen molar-refractivity contribution in [3.8, 4) is 0 Å². The molecule has 7 nitrogen and oxygen atoms in total. The van der Waals surface area contributed by atoms with Gasteiger partial charge in [0.2, 0.25) is 0 Å². The molecule has 1 aliphatic heterocycles. The highest BCUT2D eigenvalue weighted by Crippen LogP contribution is 2.25. The van der Waals surface area contributed by atoms with E-state index in [4.69, 9.17) is 9.15 Å². The van der Waals surface area contributed by atoms with Crippen LogP contribution in [0.1, 0.15) is 17.0 Å². The molecule has 3 aromatic rings. The highest BCUT2D eigenvalue weighted by atomic mass is 16.6. The summed E-state index contributed by atoms with van der Waals surface area (Å²) in [6.07, 6.45) is 0.337. The van der Waals surface area contributed by atoms with E-state index in [2.05, 4.69) is 20.4 Å². The van der Waals surface area contributed by atoms with Crippen molar-refractivity contribution in [1.29, 1.82) is 0 Å². The van der Waals surface area contributed by atoms with Gasteiger partial charge in [0.1, 0.15) is 16.8 Å². The molecule has 1 aromatic carbocycles. The van der Waals surface area contributed by atoms with Crippen LogP contribution in [0.4, 0.5) is 0 Å². The van der Waals surface area contributed by atoms with Crippen molar-refractivity contribution in [1.82, 2.24) is 20.4 Å². The molecule has 120 valence electrons. The number of hydrogen-bond acceptors (Lipinski definition) is 7. The first-order chi connectivity index (χ1) is 11.2. The fraction of sp³-hybridized carbons (Fsp3) is 0.438. The predicted molar refractivity (Wildman–Crippen MR) is 81.5 cm³/mol. The Morgan fingerprint density at radius 2 is 2.17 bits per heavy atom. The van der Waals surface area contributed by atoms with Crippen LogP contribution < -0.4 is 0 Å². The van der Waals surface area contributed by atoms with E-state index in [-0.39, 0.29) is 12.0 Å². The molecule has 23 heavy (non-hydrogen) atoms. The lowest BCUT2D eigenvalue weighted by Crippen LogP contribution is -2.21. The molecule has 3 heterocycles. The van der Waals surface area contributed by atoms with Gasteiger partial charge in [0.05, 0.1) is 11.8 Å². The molecule has 0 amide bonds. The SMILES string of the molecule is Cc1cc(C[C@@H]2CN(Cc3cccc4nonc34)C[C@H]2O)on1. The number of aromatic nitrogens is 3. The van der Waals surface area contributed by atoms with Gasteiger partial charge in [0.15, 0.2) is 0 Å². The monoisotopic (exact) mass is 314 g/mol. The minimum atomic E-state index is -0.366. The Morgan fingerprint density at radius 3 is 3.00 bits per heavy atom. The summed E-state index contributed by atoms with van der Waals surface area (Å²) in [5.74, 6) is 0.980. The number of benzene rings is 1. The summed E-state index contributed by atoms with van der Waals surface area (Å²) in [4.78, 5) is 2.22. The summed E-state index contributed by atoms with van der Waals surface area (Å²) in [6, 6.07) is 7.77. The van der Waals surface area contributed by atoms with Crippen LogP contribution in [0.15, 0.2) is 33.4 Å². The normalized spacial score (nSPS) is 22.2. The molecule has 0 bridgehead atoms. The van der Waals surface area contributed by atoms with E-state index in [1.165, 1.54) is 0 Å². The van der Waals surface area contributed by atoms with E-state index in [9.17, 15) is 5.11 Å². The number of hydrogen-bond donors (Lipinski definition) is 1. The average Bonchev–Trinajstić information content (AvgIpc) is 3.22. The van der Waals surface area contributed by atoms with Crippen LogP contribution in [-0.2, 0) is 13.0 Å². The van der Waals surface area contributed by atoms with Crippen molar-refractivity contribution in [3.05, 3.63) is 41.3 Å². The average molecular weight is 314 g/mol. The Morgan fingerprint density at radius 1 is 1.26 bits per heavy atom. The van der Waals surface area contributed by atoms with Crippen molar-refractivity contribution >= 4 is 11.0 Å². The number of aryl methyl sites for hydroxylation is 1. The number of aliphatic hydroxyl groups is 1. The zero-order valence-electron chi connectivity index (χ0n) is 12.8. The molecule has 0 radical (unpaired) electrons. The van der Waals surface area contributed by atoms with Crippen LogP contribution in [0.3, 0.4) is 0 Å². The van der Waals surface area contributed by atoms with Gasteiger partial charge in [-0.15, -0.1) is 0 Å². The van der Waals surface area contributed by atoms with Gasteiger partial charge in [0.25, 0.3) is 0 Å². The lowest BCUT2D eigenvalue weighted by atomic mass is 10.0. The Balaban J connectivity index is 1.46. The van der Waals surface area contributed by atoms with Gasteiger partial charge in [-0.2, -0.15) is 0 Å². The number of aliphatic hydroxyl groups excluding tert-OH is 1. The van der Waals surface area contributed by atoms with E-state index >= 15 is 0 Å². The minimum Gasteiger partial charge on any atom is -0.391 e. The zero-order valence-corrected chi connectivity index (χ0v) is 12.8. The summed E-state index contributed by atoms with van der Waals surface area (Å²) in [5, 5.41) is 22.1. The maximum Gasteiger partial charge on any atom is 0.139 e. The highest BCUT2D eigenvalue weighted by Gasteiger charge is 2.32. The molecule has 1 N–H and O–H groups in total. The maximum atomic E-state index is 10.3. The molecule has 1 fully saturated rings. The first-order valence-electron chi connectivity index (χ1n) is 7.72. The van der Waals surface area contributed by atoms with E-state index in [1.807, 2.05) is 31.2 Å². The maximum absolute atomic E-state index is 10.3. The minimum absolute atomic E-state index is 0.150. The van der Waals surface area contributed by atoms with E-state index in [1.54, 1.807) is 0 Å². The first kappa shape index (κ1) is 14.3. The lowest BCUT2D eigenvalue weighted by Gasteiger charge is -2.15. The molecule has 1 saturated heterocycles. The molecule has 4 rings (SSSR count). The highest BCUT2D eigenvalue weighted by molar-refractivity contribution is 5.76. The van der Waals surface area contributed by atoms with Gasteiger partial charge < -0.3 is 9.63 Å². The molecule has 0 saturated carbocycles. The summed E-state index contributed by atoms with van der Waals surface area (Å²) >= 11 is 0. The third-order valence-corrected chi connectivity index (χ3v) is 4.39. The summed E-state index contributed by atoms with van der Waals surface area (Å²) < 4.78 is 10.1. The quantitative estimate of drug-likeness (QED) is 0.781. The Bertz CT molecular complexity index is 812. The van der Waals surface area contributed by atoms with Gasteiger partial charge in [0, 0.05) is 38.0 Å². The third-order valence-electron chi connectivity index (χ3n) is 4.39. The first-order valence-corrected chi connectivity index (χ1v) is 7.72. The molecule has 0 aliphatic carbocycles. The molecule has 2 atom stereocenters. The Hall–Kier alpha value is -2.25. The van der Waals surface area contributed by atoms with Gasteiger partial charge >= 0.3 is 0 Å². The van der Waals surface area contributed by atoms with Crippen molar-refractivity contribution in [2.75, 3.05) is 13.1 Å². The topological polar surface area (TPSA) is 88.4 Å². The molecule has 1 aliphatic rings. The number of β-amino-alcohol motifs (C(OH)–C–C–N with tert-alkyl or cyclic N) is 1. The van der Waals surface area contributed by atoms with E-state index in [0.29, 0.717) is 19.5 Å². The third kappa shape index (κ3) is 2.85. The summed E-state index contributed by atoms with van der Waals surface area (Å²) in [5.41, 5.74) is 3.48. The Labute approximate surface area is 132 Å². The van der Waals surface area contributed by atoms with Crippen molar-refractivity contribution in [2.24, 2.45) is 5.92 Å².